The topological polar surface area (TPSA) is 89.8 Å². The Morgan fingerprint density at radius 1 is 0.917 bits per heavy atom. The zero-order valence-electron chi connectivity index (χ0n) is 18.9. The second kappa shape index (κ2) is 9.83. The summed E-state index contributed by atoms with van der Waals surface area (Å²) in [6, 6.07) is 18.7. The van der Waals surface area contributed by atoms with E-state index in [9.17, 15) is 18.4 Å². The highest BCUT2D eigenvalue weighted by Crippen LogP contribution is 2.26. The molecule has 178 valence electrons. The fraction of sp³-hybridized carbons (Fsp3) is 0.0741. The second-order valence-electron chi connectivity index (χ2n) is 8.11. The van der Waals surface area contributed by atoms with Crippen LogP contribution in [0.2, 0.25) is 0 Å². The maximum atomic E-state index is 13.5. The number of aromatic nitrogens is 4. The number of benzene rings is 3. The molecular formula is C27H19F2N5O2. The van der Waals surface area contributed by atoms with Crippen molar-refractivity contribution in [1.29, 1.82) is 0 Å². The average Bonchev–Trinajstić information content (AvgIpc) is 2.90. The highest BCUT2D eigenvalue weighted by atomic mass is 19.2. The van der Waals surface area contributed by atoms with Gasteiger partial charge in [-0.05, 0) is 35.4 Å². The van der Waals surface area contributed by atoms with Crippen LogP contribution in [0.1, 0.15) is 21.5 Å². The van der Waals surface area contributed by atoms with Gasteiger partial charge in [0.05, 0.1) is 24.1 Å². The van der Waals surface area contributed by atoms with Gasteiger partial charge in [0.15, 0.2) is 11.6 Å². The first-order valence-electron chi connectivity index (χ1n) is 11.1. The molecule has 0 fully saturated rings. The first-order chi connectivity index (χ1) is 17.5. The van der Waals surface area contributed by atoms with Crippen LogP contribution < -0.4 is 10.9 Å². The summed E-state index contributed by atoms with van der Waals surface area (Å²) in [6.07, 6.45) is 3.94. The van der Waals surface area contributed by atoms with Gasteiger partial charge in [-0.3, -0.25) is 14.2 Å². The van der Waals surface area contributed by atoms with Gasteiger partial charge in [-0.1, -0.05) is 42.5 Å². The Morgan fingerprint density at radius 3 is 2.53 bits per heavy atom. The van der Waals surface area contributed by atoms with E-state index in [-0.39, 0.29) is 18.7 Å². The summed E-state index contributed by atoms with van der Waals surface area (Å²) in [7, 11) is 0. The number of hydrogen-bond acceptors (Lipinski definition) is 5. The number of carbonyl (C=O) groups is 1. The molecule has 0 bridgehead atoms. The molecular weight excluding hydrogens is 464 g/mol. The lowest BCUT2D eigenvalue weighted by Gasteiger charge is -2.10. The van der Waals surface area contributed by atoms with Gasteiger partial charge in [-0.15, -0.1) is 0 Å². The molecule has 2 heterocycles. The van der Waals surface area contributed by atoms with Gasteiger partial charge in [0, 0.05) is 23.7 Å². The highest BCUT2D eigenvalue weighted by Gasteiger charge is 2.14. The Labute approximate surface area is 204 Å². The number of halogens is 2. The van der Waals surface area contributed by atoms with Crippen LogP contribution in [-0.4, -0.2) is 25.4 Å². The van der Waals surface area contributed by atoms with Crippen LogP contribution in [0.25, 0.3) is 22.2 Å². The number of fused-ring (bicyclic) bond motifs is 1. The molecule has 5 aromatic rings. The number of rotatable bonds is 6. The molecule has 1 N–H and O–H groups in total. The Morgan fingerprint density at radius 2 is 1.72 bits per heavy atom. The Hall–Kier alpha value is -4.79. The molecule has 1 amide bonds. The van der Waals surface area contributed by atoms with Gasteiger partial charge in [-0.2, -0.15) is 0 Å². The normalized spacial score (nSPS) is 10.9. The van der Waals surface area contributed by atoms with Crippen LogP contribution in [0.3, 0.4) is 0 Å². The molecule has 0 radical (unpaired) electrons. The summed E-state index contributed by atoms with van der Waals surface area (Å²) in [5.74, 6) is -2.59. The van der Waals surface area contributed by atoms with Crippen molar-refractivity contribution in [3.8, 4) is 11.3 Å². The van der Waals surface area contributed by atoms with E-state index in [1.807, 2.05) is 48.5 Å². The lowest BCUT2D eigenvalue weighted by molar-refractivity contribution is 0.0948. The monoisotopic (exact) mass is 483 g/mol. The molecule has 0 aliphatic heterocycles. The van der Waals surface area contributed by atoms with Crippen molar-refractivity contribution in [1.82, 2.24) is 24.8 Å². The molecule has 2 aromatic heterocycles. The van der Waals surface area contributed by atoms with E-state index in [0.29, 0.717) is 5.56 Å². The van der Waals surface area contributed by atoms with Gasteiger partial charge in [-0.25, -0.2) is 23.7 Å². The zero-order valence-corrected chi connectivity index (χ0v) is 18.9. The van der Waals surface area contributed by atoms with E-state index >= 15 is 0 Å². The van der Waals surface area contributed by atoms with Crippen molar-refractivity contribution in [3.63, 3.8) is 0 Å². The van der Waals surface area contributed by atoms with Gasteiger partial charge >= 0.3 is 0 Å². The predicted octanol–water partition coefficient (Wildman–Crippen LogP) is 4.11. The van der Waals surface area contributed by atoms with Gasteiger partial charge in [0.25, 0.3) is 11.5 Å². The van der Waals surface area contributed by atoms with Crippen LogP contribution in [0.5, 0.6) is 0 Å². The van der Waals surface area contributed by atoms with Crippen LogP contribution in [-0.2, 0) is 13.1 Å². The van der Waals surface area contributed by atoms with E-state index < -0.39 is 23.1 Å². The first kappa shape index (κ1) is 23.0. The summed E-state index contributed by atoms with van der Waals surface area (Å²) in [5, 5.41) is 3.58. The molecule has 3 aromatic carbocycles. The molecule has 0 spiro atoms. The number of hydrogen-bond donors (Lipinski definition) is 1. The Bertz CT molecular complexity index is 1640. The summed E-state index contributed by atoms with van der Waals surface area (Å²) < 4.78 is 27.9. The van der Waals surface area contributed by atoms with Gasteiger partial charge in [0.1, 0.15) is 11.9 Å². The van der Waals surface area contributed by atoms with Crippen molar-refractivity contribution < 1.29 is 13.6 Å². The number of carbonyl (C=O) groups excluding carboxylic acids is 1. The van der Waals surface area contributed by atoms with Crippen LogP contribution >= 0.6 is 0 Å². The Balaban J connectivity index is 1.35. The summed E-state index contributed by atoms with van der Waals surface area (Å²) in [5.41, 5.74) is 2.91. The molecule has 0 saturated heterocycles. The predicted molar refractivity (Wildman–Crippen MR) is 130 cm³/mol. The third-order valence-corrected chi connectivity index (χ3v) is 5.68. The molecule has 0 atom stereocenters. The smallest absolute Gasteiger partial charge is 0.266 e. The average molecular weight is 483 g/mol. The summed E-state index contributed by atoms with van der Waals surface area (Å²) in [6.45, 7) is 0.104. The molecule has 9 heteroatoms. The molecule has 5 rings (SSSR count). The quantitative estimate of drug-likeness (QED) is 0.393. The highest BCUT2D eigenvalue weighted by molar-refractivity contribution is 5.94. The molecule has 0 aliphatic rings. The second-order valence-corrected chi connectivity index (χ2v) is 8.11. The maximum Gasteiger partial charge on any atom is 0.266 e. The van der Waals surface area contributed by atoms with Crippen molar-refractivity contribution in [3.05, 3.63) is 124 Å². The summed E-state index contributed by atoms with van der Waals surface area (Å²) in [4.78, 5) is 38.3. The van der Waals surface area contributed by atoms with Gasteiger partial charge in [0.2, 0.25) is 0 Å². The molecule has 0 unspecified atom stereocenters. The minimum atomic E-state index is -1.02. The minimum absolute atomic E-state index is 0.0584. The standard InChI is InChI=1S/C27H19F2N5O2/c28-22-8-6-18(11-23(22)29)14-34-16-30-13-21(27(34)36)26(35)31-12-17-7-9-24-20(10-17)25(33-15-32-24)19-4-2-1-3-5-19/h1-11,13,15-16H,12,14H2,(H,31,35). The Kier molecular flexibility index (Phi) is 6.27. The van der Waals surface area contributed by atoms with Crippen molar-refractivity contribution in [2.24, 2.45) is 0 Å². The lowest BCUT2D eigenvalue weighted by Crippen LogP contribution is -2.33. The largest absolute Gasteiger partial charge is 0.348 e. The van der Waals surface area contributed by atoms with Crippen molar-refractivity contribution >= 4 is 16.8 Å². The molecule has 0 aliphatic carbocycles. The lowest BCUT2D eigenvalue weighted by atomic mass is 10.0. The minimum Gasteiger partial charge on any atom is -0.348 e. The van der Waals surface area contributed by atoms with E-state index in [2.05, 4.69) is 20.3 Å². The third kappa shape index (κ3) is 4.72. The van der Waals surface area contributed by atoms with E-state index in [4.69, 9.17) is 0 Å². The summed E-state index contributed by atoms with van der Waals surface area (Å²) >= 11 is 0. The molecule has 7 nitrogen and oxygen atoms in total. The fourth-order valence-corrected chi connectivity index (χ4v) is 3.87. The van der Waals surface area contributed by atoms with Crippen LogP contribution in [0.4, 0.5) is 8.78 Å². The molecule has 0 saturated carbocycles. The van der Waals surface area contributed by atoms with E-state index in [1.165, 1.54) is 29.5 Å². The number of nitrogens with zero attached hydrogens (tertiary/aromatic N) is 4. The van der Waals surface area contributed by atoms with Crippen molar-refractivity contribution in [2.45, 2.75) is 13.1 Å². The fourth-order valence-electron chi connectivity index (χ4n) is 3.87. The maximum absolute atomic E-state index is 13.5. The van der Waals surface area contributed by atoms with Crippen LogP contribution in [0.15, 0.2) is 90.4 Å². The first-order valence-corrected chi connectivity index (χ1v) is 11.1. The van der Waals surface area contributed by atoms with Crippen molar-refractivity contribution in [2.75, 3.05) is 0 Å². The van der Waals surface area contributed by atoms with E-state index in [1.54, 1.807) is 0 Å². The zero-order chi connectivity index (χ0) is 25.1. The SMILES string of the molecule is O=C(NCc1ccc2ncnc(-c3ccccc3)c2c1)c1cncn(Cc2ccc(F)c(F)c2)c1=O. The van der Waals surface area contributed by atoms with Gasteiger partial charge < -0.3 is 5.32 Å². The third-order valence-electron chi connectivity index (χ3n) is 5.68. The molecule has 36 heavy (non-hydrogen) atoms. The number of nitrogens with one attached hydrogen (secondary N) is 1. The van der Waals surface area contributed by atoms with Crippen LogP contribution in [0, 0.1) is 11.6 Å². The number of amides is 1. The van der Waals surface area contributed by atoms with E-state index in [0.717, 1.165) is 39.9 Å².